The van der Waals surface area contributed by atoms with Crippen molar-refractivity contribution in [1.29, 1.82) is 0 Å². The van der Waals surface area contributed by atoms with Gasteiger partial charge in [-0.2, -0.15) is 0 Å². The van der Waals surface area contributed by atoms with Gasteiger partial charge in [-0.15, -0.1) is 0 Å². The number of carbonyl (C=O) groups excluding carboxylic acids is 1. The minimum Gasteiger partial charge on any atom is -0.341 e. The van der Waals surface area contributed by atoms with Crippen LogP contribution in [0.2, 0.25) is 5.02 Å². The van der Waals surface area contributed by atoms with E-state index in [-0.39, 0.29) is 10.8 Å². The second-order valence-electron chi connectivity index (χ2n) is 10.9. The monoisotopic (exact) mass is 551 g/mol. The first-order valence-corrected chi connectivity index (χ1v) is 14.8. The van der Waals surface area contributed by atoms with Gasteiger partial charge in [0.15, 0.2) is 0 Å². The molecule has 0 atom stereocenters. The van der Waals surface area contributed by atoms with E-state index in [0.29, 0.717) is 24.5 Å². The molecule has 0 saturated carbocycles. The van der Waals surface area contributed by atoms with Gasteiger partial charge < -0.3 is 9.80 Å². The Kier molecular flexibility index (Phi) is 6.83. The Hall–Kier alpha value is -2.87. The second-order valence-corrected chi connectivity index (χ2v) is 13.3. The summed E-state index contributed by atoms with van der Waals surface area (Å²) < 4.78 is 28.7. The number of carbonyl (C=O) groups is 1. The topological polar surface area (TPSA) is 60.9 Å². The maximum atomic E-state index is 13.6. The summed E-state index contributed by atoms with van der Waals surface area (Å²) in [5.41, 5.74) is 6.31. The van der Waals surface area contributed by atoms with E-state index < -0.39 is 15.4 Å². The number of nitrogens with zero attached hydrogens (tertiary/aromatic N) is 3. The Balaban J connectivity index is 1.39. The second kappa shape index (κ2) is 9.70. The molecular formula is C30H34ClN3O3S. The summed E-state index contributed by atoms with van der Waals surface area (Å²) in [6.45, 7) is 6.57. The zero-order valence-corrected chi connectivity index (χ0v) is 24.2. The molecule has 2 aliphatic rings. The molecule has 0 unspecified atom stereocenters. The summed E-state index contributed by atoms with van der Waals surface area (Å²) in [5.74, 6) is -0.0309. The molecule has 0 radical (unpaired) electrons. The van der Waals surface area contributed by atoms with Gasteiger partial charge >= 0.3 is 0 Å². The zero-order valence-electron chi connectivity index (χ0n) is 22.6. The first-order valence-electron chi connectivity index (χ1n) is 13.0. The molecule has 2 aliphatic heterocycles. The van der Waals surface area contributed by atoms with Crippen LogP contribution in [0.4, 0.5) is 17.1 Å². The van der Waals surface area contributed by atoms with E-state index in [4.69, 9.17) is 11.6 Å². The number of benzene rings is 3. The van der Waals surface area contributed by atoms with Crippen LogP contribution in [0.15, 0.2) is 59.5 Å². The van der Waals surface area contributed by atoms with Crippen molar-refractivity contribution in [1.82, 2.24) is 4.31 Å². The van der Waals surface area contributed by atoms with Crippen LogP contribution in [0.25, 0.3) is 0 Å². The fourth-order valence-electron chi connectivity index (χ4n) is 5.83. The molecular weight excluding hydrogens is 518 g/mol. The normalized spacial score (nSPS) is 16.3. The number of hydrogen-bond acceptors (Lipinski definition) is 4. The van der Waals surface area contributed by atoms with Crippen molar-refractivity contribution >= 4 is 44.6 Å². The molecule has 0 aliphatic carbocycles. The predicted molar refractivity (Wildman–Crippen MR) is 154 cm³/mol. The van der Waals surface area contributed by atoms with E-state index in [1.807, 2.05) is 39.0 Å². The van der Waals surface area contributed by atoms with Crippen molar-refractivity contribution in [3.63, 3.8) is 0 Å². The van der Waals surface area contributed by atoms with E-state index in [2.05, 4.69) is 29.2 Å². The summed E-state index contributed by atoms with van der Waals surface area (Å²) in [4.78, 5) is 16.9. The largest absolute Gasteiger partial charge is 0.341 e. The van der Waals surface area contributed by atoms with Crippen molar-refractivity contribution in [3.8, 4) is 0 Å². The first kappa shape index (κ1) is 26.7. The molecule has 0 saturated heterocycles. The van der Waals surface area contributed by atoms with Crippen LogP contribution in [0, 0.1) is 6.92 Å². The summed E-state index contributed by atoms with van der Waals surface area (Å²) >= 11 is 6.39. The number of hydrogen-bond donors (Lipinski definition) is 0. The highest BCUT2D eigenvalue weighted by Crippen LogP contribution is 2.44. The van der Waals surface area contributed by atoms with Crippen molar-refractivity contribution in [2.45, 2.75) is 50.3 Å². The van der Waals surface area contributed by atoms with Gasteiger partial charge in [0.1, 0.15) is 0 Å². The van der Waals surface area contributed by atoms with E-state index in [1.54, 1.807) is 31.1 Å². The Morgan fingerprint density at radius 2 is 1.68 bits per heavy atom. The Labute approximate surface area is 230 Å². The van der Waals surface area contributed by atoms with Gasteiger partial charge in [-0.1, -0.05) is 35.9 Å². The number of sulfonamides is 1. The third-order valence-electron chi connectivity index (χ3n) is 7.97. The van der Waals surface area contributed by atoms with Crippen LogP contribution in [-0.4, -0.2) is 45.8 Å². The molecule has 3 aromatic carbocycles. The lowest BCUT2D eigenvalue weighted by Crippen LogP contribution is -2.33. The van der Waals surface area contributed by atoms with Crippen LogP contribution in [0.5, 0.6) is 0 Å². The standard InChI is InChI=1S/C30H34ClN3O3S/c1-20-17-24(19-25-28(20)33(5)29(35)30(25,2)3)38(36,37)32(4)15-8-16-34-26-10-7-6-9-21(26)11-12-22-13-14-23(31)18-27(22)34/h6-7,9-10,13-14,17-19H,8,11-12,15-16H2,1-5H3. The average Bonchev–Trinajstić information content (AvgIpc) is 2.98. The van der Waals surface area contributed by atoms with Gasteiger partial charge in [0.2, 0.25) is 15.9 Å². The Bertz CT molecular complexity index is 1530. The summed E-state index contributed by atoms with van der Waals surface area (Å²) in [6, 6.07) is 17.8. The molecule has 8 heteroatoms. The van der Waals surface area contributed by atoms with Gasteiger partial charge in [0.05, 0.1) is 16.0 Å². The molecule has 0 aromatic heterocycles. The highest BCUT2D eigenvalue weighted by atomic mass is 35.5. The quantitative estimate of drug-likeness (QED) is 0.385. The molecule has 6 nitrogen and oxygen atoms in total. The maximum Gasteiger partial charge on any atom is 0.242 e. The van der Waals surface area contributed by atoms with Crippen LogP contribution in [0.1, 0.15) is 42.5 Å². The lowest BCUT2D eigenvalue weighted by atomic mass is 9.85. The molecule has 200 valence electrons. The molecule has 2 heterocycles. The Morgan fingerprint density at radius 1 is 1.00 bits per heavy atom. The van der Waals surface area contributed by atoms with Crippen molar-refractivity contribution in [3.05, 3.63) is 81.9 Å². The number of halogens is 1. The SMILES string of the molecule is Cc1cc(S(=O)(=O)N(C)CCCN2c3ccccc3CCc3ccc(Cl)cc32)cc2c1N(C)C(=O)C2(C)C. The summed E-state index contributed by atoms with van der Waals surface area (Å²) in [6.07, 6.45) is 2.51. The highest BCUT2D eigenvalue weighted by molar-refractivity contribution is 7.89. The number of anilines is 3. The molecule has 3 aromatic rings. The van der Waals surface area contributed by atoms with Crippen molar-refractivity contribution in [2.24, 2.45) is 0 Å². The van der Waals surface area contributed by atoms with Gasteiger partial charge in [-0.3, -0.25) is 4.79 Å². The van der Waals surface area contributed by atoms with Crippen molar-refractivity contribution < 1.29 is 13.2 Å². The summed E-state index contributed by atoms with van der Waals surface area (Å²) in [5, 5.41) is 0.687. The van der Waals surface area contributed by atoms with Crippen LogP contribution < -0.4 is 9.80 Å². The molecule has 0 N–H and O–H groups in total. The van der Waals surface area contributed by atoms with Gasteiger partial charge in [0.25, 0.3) is 0 Å². The lowest BCUT2D eigenvalue weighted by molar-refractivity contribution is -0.121. The van der Waals surface area contributed by atoms with Gasteiger partial charge in [0, 0.05) is 43.6 Å². The predicted octanol–water partition coefficient (Wildman–Crippen LogP) is 5.85. The first-order chi connectivity index (χ1) is 17.9. The smallest absolute Gasteiger partial charge is 0.242 e. The zero-order chi connectivity index (χ0) is 27.4. The number of amides is 1. The van der Waals surface area contributed by atoms with Gasteiger partial charge in [-0.05, 0) is 92.6 Å². The van der Waals surface area contributed by atoms with Crippen LogP contribution in [-0.2, 0) is 33.1 Å². The number of rotatable bonds is 6. The third-order valence-corrected chi connectivity index (χ3v) is 10.0. The maximum absolute atomic E-state index is 13.6. The molecule has 0 bridgehead atoms. The lowest BCUT2D eigenvalue weighted by Gasteiger charge is -2.28. The minimum absolute atomic E-state index is 0.0309. The van der Waals surface area contributed by atoms with Gasteiger partial charge in [-0.25, -0.2) is 12.7 Å². The fraction of sp³-hybridized carbons (Fsp3) is 0.367. The van der Waals surface area contributed by atoms with E-state index in [1.165, 1.54) is 15.4 Å². The molecule has 38 heavy (non-hydrogen) atoms. The molecule has 0 spiro atoms. The Morgan fingerprint density at radius 3 is 2.42 bits per heavy atom. The van der Waals surface area contributed by atoms with Crippen LogP contribution >= 0.6 is 11.6 Å². The molecule has 5 rings (SSSR count). The molecule has 0 fully saturated rings. The minimum atomic E-state index is -3.74. The van der Waals surface area contributed by atoms with E-state index in [9.17, 15) is 13.2 Å². The average molecular weight is 552 g/mol. The highest BCUT2D eigenvalue weighted by Gasteiger charge is 2.44. The molecule has 1 amide bonds. The third kappa shape index (κ3) is 4.40. The van der Waals surface area contributed by atoms with Crippen LogP contribution in [0.3, 0.4) is 0 Å². The number of para-hydroxylation sites is 1. The fourth-order valence-corrected chi connectivity index (χ4v) is 7.32. The van der Waals surface area contributed by atoms with E-state index >= 15 is 0 Å². The van der Waals surface area contributed by atoms with E-state index in [0.717, 1.165) is 41.0 Å². The number of likely N-dealkylation sites (N-methyl/N-ethyl adjacent to an activating group) is 1. The number of fused-ring (bicyclic) bond motifs is 3. The summed E-state index contributed by atoms with van der Waals surface area (Å²) in [7, 11) is -0.370. The van der Waals surface area contributed by atoms with Crippen molar-refractivity contribution in [2.75, 3.05) is 37.0 Å². The number of aryl methyl sites for hydroxylation is 3.